The van der Waals surface area contributed by atoms with E-state index >= 15 is 0 Å². The van der Waals surface area contributed by atoms with Crippen molar-refractivity contribution >= 4 is 0 Å². The van der Waals surface area contributed by atoms with E-state index in [-0.39, 0.29) is 0 Å². The highest BCUT2D eigenvalue weighted by Gasteiger charge is 2.11. The summed E-state index contributed by atoms with van der Waals surface area (Å²) in [4.78, 5) is 0. The number of hydrogen-bond donors (Lipinski definition) is 0. The molecule has 1 aromatic heterocycles. The first-order valence-electron chi connectivity index (χ1n) is 6.08. The Morgan fingerprint density at radius 1 is 1.00 bits per heavy atom. The molecule has 0 aliphatic rings. The van der Waals surface area contributed by atoms with Crippen LogP contribution < -0.4 is 4.57 Å². The molecule has 0 aromatic carbocycles. The van der Waals surface area contributed by atoms with Crippen LogP contribution in [0.3, 0.4) is 0 Å². The minimum Gasteiger partial charge on any atom is -0.205 e. The van der Waals surface area contributed by atoms with Crippen LogP contribution in [0.15, 0.2) is 18.5 Å². The Labute approximate surface area is 94.1 Å². The number of rotatable bonds is 4. The van der Waals surface area contributed by atoms with Crippen LogP contribution in [0.25, 0.3) is 0 Å². The lowest BCUT2D eigenvalue weighted by molar-refractivity contribution is -0.697. The monoisotopic (exact) mass is 206 g/mol. The van der Waals surface area contributed by atoms with E-state index in [1.165, 1.54) is 17.5 Å². The molecule has 0 bridgehead atoms. The second-order valence-corrected chi connectivity index (χ2v) is 4.95. The molecule has 1 heteroatoms. The third kappa shape index (κ3) is 3.33. The van der Waals surface area contributed by atoms with Crippen LogP contribution in [0.2, 0.25) is 0 Å². The van der Waals surface area contributed by atoms with Crippen molar-refractivity contribution in [3.05, 3.63) is 29.6 Å². The molecule has 1 rings (SSSR count). The van der Waals surface area contributed by atoms with Crippen molar-refractivity contribution < 1.29 is 4.57 Å². The van der Waals surface area contributed by atoms with Gasteiger partial charge in [0.05, 0.1) is 0 Å². The predicted molar refractivity (Wildman–Crippen MR) is 65.1 cm³/mol. The zero-order chi connectivity index (χ0) is 11.4. The zero-order valence-corrected chi connectivity index (χ0v) is 10.7. The minimum absolute atomic E-state index is 0.617. The summed E-state index contributed by atoms with van der Waals surface area (Å²) in [7, 11) is 0. The molecule has 0 atom stereocenters. The summed E-state index contributed by atoms with van der Waals surface area (Å²) in [5, 5.41) is 0. The Morgan fingerprint density at radius 3 is 1.80 bits per heavy atom. The molecule has 0 fully saturated rings. The molecule has 0 unspecified atom stereocenters. The number of pyridine rings is 1. The average Bonchev–Trinajstić information content (AvgIpc) is 2.17. The molecule has 1 aromatic rings. The van der Waals surface area contributed by atoms with Gasteiger partial charge in [-0.2, -0.15) is 0 Å². The molecule has 15 heavy (non-hydrogen) atoms. The highest BCUT2D eigenvalue weighted by atomic mass is 14.9. The fourth-order valence-electron chi connectivity index (χ4n) is 1.71. The van der Waals surface area contributed by atoms with Gasteiger partial charge in [0.15, 0.2) is 12.4 Å². The maximum atomic E-state index is 2.35. The van der Waals surface area contributed by atoms with Crippen molar-refractivity contribution in [2.24, 2.45) is 0 Å². The van der Waals surface area contributed by atoms with Gasteiger partial charge in [-0.3, -0.25) is 0 Å². The fourth-order valence-corrected chi connectivity index (χ4v) is 1.71. The normalized spacial score (nSPS) is 11.4. The molecular weight excluding hydrogens is 182 g/mol. The molecule has 0 radical (unpaired) electrons. The van der Waals surface area contributed by atoms with Gasteiger partial charge < -0.3 is 0 Å². The summed E-state index contributed by atoms with van der Waals surface area (Å²) in [5.74, 6) is 1.23. The SMILES string of the molecule is CCC[n+]1cc(C(C)C)cc(C(C)C)c1. The Kier molecular flexibility index (Phi) is 4.31. The fraction of sp³-hybridized carbons (Fsp3) is 0.643. The van der Waals surface area contributed by atoms with Gasteiger partial charge in [0.2, 0.25) is 0 Å². The summed E-state index contributed by atoms with van der Waals surface area (Å²) >= 11 is 0. The average molecular weight is 206 g/mol. The van der Waals surface area contributed by atoms with E-state index in [1.807, 2.05) is 0 Å². The van der Waals surface area contributed by atoms with Gasteiger partial charge in [-0.05, 0) is 17.9 Å². The Balaban J connectivity index is 3.08. The molecule has 0 saturated carbocycles. The number of aryl methyl sites for hydroxylation is 1. The molecule has 1 heterocycles. The highest BCUT2D eigenvalue weighted by molar-refractivity contribution is 5.20. The lowest BCUT2D eigenvalue weighted by Crippen LogP contribution is -2.34. The Hall–Kier alpha value is -0.850. The molecule has 0 aliphatic heterocycles. The van der Waals surface area contributed by atoms with Crippen molar-refractivity contribution in [1.82, 2.24) is 0 Å². The first kappa shape index (κ1) is 12.2. The van der Waals surface area contributed by atoms with Crippen LogP contribution in [0.1, 0.15) is 64.0 Å². The molecular formula is C14H24N+. The Morgan fingerprint density at radius 2 is 1.47 bits per heavy atom. The van der Waals surface area contributed by atoms with Crippen LogP contribution >= 0.6 is 0 Å². The number of aromatic nitrogens is 1. The van der Waals surface area contributed by atoms with Crippen molar-refractivity contribution in [1.29, 1.82) is 0 Å². The minimum atomic E-state index is 0.617. The standard InChI is InChI=1S/C14H24N/c1-6-7-15-9-13(11(2)3)8-14(10-15)12(4)5/h8-12H,6-7H2,1-5H3/q+1. The first-order valence-corrected chi connectivity index (χ1v) is 6.08. The topological polar surface area (TPSA) is 3.88 Å². The maximum absolute atomic E-state index is 2.35. The predicted octanol–water partition coefficient (Wildman–Crippen LogP) is 3.63. The van der Waals surface area contributed by atoms with E-state index in [2.05, 4.69) is 57.6 Å². The number of hydrogen-bond acceptors (Lipinski definition) is 0. The molecule has 0 spiro atoms. The summed E-state index contributed by atoms with van der Waals surface area (Å²) in [6.45, 7) is 12.4. The molecule has 84 valence electrons. The largest absolute Gasteiger partial charge is 0.205 e. The molecule has 0 N–H and O–H groups in total. The lowest BCUT2D eigenvalue weighted by atomic mass is 9.98. The lowest BCUT2D eigenvalue weighted by Gasteiger charge is -2.09. The van der Waals surface area contributed by atoms with Crippen molar-refractivity contribution in [3.8, 4) is 0 Å². The summed E-state index contributed by atoms with van der Waals surface area (Å²) in [6.07, 6.45) is 5.78. The van der Waals surface area contributed by atoms with Crippen molar-refractivity contribution in [2.45, 2.75) is 59.4 Å². The molecule has 0 amide bonds. The number of nitrogens with zero attached hydrogens (tertiary/aromatic N) is 1. The van der Waals surface area contributed by atoms with Gasteiger partial charge in [0.25, 0.3) is 0 Å². The van der Waals surface area contributed by atoms with Crippen LogP contribution in [-0.2, 0) is 6.54 Å². The van der Waals surface area contributed by atoms with Crippen LogP contribution in [-0.4, -0.2) is 0 Å². The third-order valence-corrected chi connectivity index (χ3v) is 2.78. The van der Waals surface area contributed by atoms with E-state index in [4.69, 9.17) is 0 Å². The van der Waals surface area contributed by atoms with Crippen molar-refractivity contribution in [2.75, 3.05) is 0 Å². The van der Waals surface area contributed by atoms with E-state index in [1.54, 1.807) is 0 Å². The zero-order valence-electron chi connectivity index (χ0n) is 10.7. The Bertz CT molecular complexity index is 287. The molecule has 0 saturated heterocycles. The van der Waals surface area contributed by atoms with Gasteiger partial charge in [0, 0.05) is 17.5 Å². The smallest absolute Gasteiger partial charge is 0.172 e. The van der Waals surface area contributed by atoms with Gasteiger partial charge >= 0.3 is 0 Å². The van der Waals surface area contributed by atoms with Crippen LogP contribution in [0, 0.1) is 0 Å². The van der Waals surface area contributed by atoms with E-state index in [0.717, 1.165) is 6.54 Å². The highest BCUT2D eigenvalue weighted by Crippen LogP contribution is 2.18. The summed E-state index contributed by atoms with van der Waals surface area (Å²) in [5.41, 5.74) is 2.91. The van der Waals surface area contributed by atoms with Gasteiger partial charge in [0.1, 0.15) is 6.54 Å². The third-order valence-electron chi connectivity index (χ3n) is 2.78. The van der Waals surface area contributed by atoms with Gasteiger partial charge in [-0.15, -0.1) is 0 Å². The van der Waals surface area contributed by atoms with E-state index < -0.39 is 0 Å². The van der Waals surface area contributed by atoms with Crippen LogP contribution in [0.4, 0.5) is 0 Å². The van der Waals surface area contributed by atoms with Crippen molar-refractivity contribution in [3.63, 3.8) is 0 Å². The van der Waals surface area contributed by atoms with Gasteiger partial charge in [-0.1, -0.05) is 34.6 Å². The second kappa shape index (κ2) is 5.29. The molecule has 0 aliphatic carbocycles. The molecule has 1 nitrogen and oxygen atoms in total. The summed E-state index contributed by atoms with van der Waals surface area (Å²) < 4.78 is 2.34. The first-order chi connectivity index (χ1) is 7.04. The quantitative estimate of drug-likeness (QED) is 0.662. The van der Waals surface area contributed by atoms with Gasteiger partial charge in [-0.25, -0.2) is 4.57 Å². The maximum Gasteiger partial charge on any atom is 0.172 e. The van der Waals surface area contributed by atoms with E-state index in [0.29, 0.717) is 11.8 Å². The second-order valence-electron chi connectivity index (χ2n) is 4.95. The van der Waals surface area contributed by atoms with E-state index in [9.17, 15) is 0 Å². The summed E-state index contributed by atoms with van der Waals surface area (Å²) in [6, 6.07) is 2.35. The van der Waals surface area contributed by atoms with Crippen LogP contribution in [0.5, 0.6) is 0 Å².